The number of anilines is 1. The van der Waals surface area contributed by atoms with Crippen LogP contribution < -0.4 is 4.90 Å². The van der Waals surface area contributed by atoms with Gasteiger partial charge < -0.3 is 9.80 Å². The molecule has 5 heteroatoms. The minimum absolute atomic E-state index is 0.0451. The molecule has 4 nitrogen and oxygen atoms in total. The van der Waals surface area contributed by atoms with Crippen molar-refractivity contribution in [2.24, 2.45) is 0 Å². The number of hydrogen-bond donors (Lipinski definition) is 0. The Labute approximate surface area is 113 Å². The van der Waals surface area contributed by atoms with Crippen LogP contribution in [0.3, 0.4) is 0 Å². The molecule has 0 saturated carbocycles. The summed E-state index contributed by atoms with van der Waals surface area (Å²) in [4.78, 5) is 15.2. The molecule has 0 aliphatic heterocycles. The lowest BCUT2D eigenvalue weighted by molar-refractivity contribution is -0.129. The molecule has 0 aliphatic rings. The van der Waals surface area contributed by atoms with Gasteiger partial charge in [-0.3, -0.25) is 4.79 Å². The predicted molar refractivity (Wildman–Crippen MR) is 72.3 cm³/mol. The molecule has 1 amide bonds. The van der Waals surface area contributed by atoms with Gasteiger partial charge in [0.1, 0.15) is 5.82 Å². The zero-order valence-electron chi connectivity index (χ0n) is 11.5. The first-order valence-electron chi connectivity index (χ1n) is 6.22. The van der Waals surface area contributed by atoms with Crippen LogP contribution in [0.15, 0.2) is 18.2 Å². The van der Waals surface area contributed by atoms with Crippen LogP contribution in [0.5, 0.6) is 0 Å². The molecule has 0 bridgehead atoms. The lowest BCUT2D eigenvalue weighted by atomic mass is 10.2. The second-order valence-electron chi connectivity index (χ2n) is 4.20. The SMILES string of the molecule is CCN(CC)C(=O)CN(C)c1ccc(C#N)cc1F. The first-order valence-corrected chi connectivity index (χ1v) is 6.22. The third-order valence-electron chi connectivity index (χ3n) is 2.98. The van der Waals surface area contributed by atoms with Gasteiger partial charge in [-0.05, 0) is 32.0 Å². The molecule has 102 valence electrons. The zero-order valence-corrected chi connectivity index (χ0v) is 11.5. The Balaban J connectivity index is 2.81. The summed E-state index contributed by atoms with van der Waals surface area (Å²) in [5, 5.41) is 8.68. The fourth-order valence-electron chi connectivity index (χ4n) is 1.85. The number of hydrogen-bond acceptors (Lipinski definition) is 3. The Hall–Kier alpha value is -2.09. The third kappa shape index (κ3) is 3.68. The minimum Gasteiger partial charge on any atom is -0.363 e. The van der Waals surface area contributed by atoms with Crippen LogP contribution in [0.25, 0.3) is 0 Å². The van der Waals surface area contributed by atoms with Gasteiger partial charge in [0, 0.05) is 20.1 Å². The van der Waals surface area contributed by atoms with Crippen molar-refractivity contribution in [2.45, 2.75) is 13.8 Å². The highest BCUT2D eigenvalue weighted by Gasteiger charge is 2.15. The van der Waals surface area contributed by atoms with E-state index in [0.717, 1.165) is 0 Å². The third-order valence-corrected chi connectivity index (χ3v) is 2.98. The van der Waals surface area contributed by atoms with Crippen molar-refractivity contribution < 1.29 is 9.18 Å². The highest BCUT2D eigenvalue weighted by molar-refractivity contribution is 5.81. The van der Waals surface area contributed by atoms with Crippen molar-refractivity contribution in [1.29, 1.82) is 5.26 Å². The summed E-state index contributed by atoms with van der Waals surface area (Å²) in [5.41, 5.74) is 0.587. The van der Waals surface area contributed by atoms with Crippen LogP contribution in [-0.2, 0) is 4.79 Å². The lowest BCUT2D eigenvalue weighted by Gasteiger charge is -2.24. The molecule has 1 aromatic carbocycles. The number of likely N-dealkylation sites (N-methyl/N-ethyl adjacent to an activating group) is 2. The molecule has 0 aromatic heterocycles. The average Bonchev–Trinajstić information content (AvgIpc) is 2.39. The fourth-order valence-corrected chi connectivity index (χ4v) is 1.85. The van der Waals surface area contributed by atoms with E-state index in [1.165, 1.54) is 18.2 Å². The van der Waals surface area contributed by atoms with E-state index in [9.17, 15) is 9.18 Å². The molecular weight excluding hydrogens is 245 g/mol. The first-order chi connectivity index (χ1) is 9.03. The summed E-state index contributed by atoms with van der Waals surface area (Å²) in [6, 6.07) is 6.11. The zero-order chi connectivity index (χ0) is 14.4. The molecule has 0 saturated heterocycles. The largest absolute Gasteiger partial charge is 0.363 e. The second-order valence-corrected chi connectivity index (χ2v) is 4.20. The fraction of sp³-hybridized carbons (Fsp3) is 0.429. The molecule has 0 N–H and O–H groups in total. The highest BCUT2D eigenvalue weighted by atomic mass is 19.1. The van der Waals surface area contributed by atoms with E-state index in [0.29, 0.717) is 18.8 Å². The Bertz CT molecular complexity index is 492. The summed E-state index contributed by atoms with van der Waals surface area (Å²) in [7, 11) is 1.66. The van der Waals surface area contributed by atoms with Gasteiger partial charge in [-0.25, -0.2) is 4.39 Å². The Morgan fingerprint density at radius 2 is 2.00 bits per heavy atom. The van der Waals surface area contributed by atoms with E-state index >= 15 is 0 Å². The van der Waals surface area contributed by atoms with Crippen molar-refractivity contribution >= 4 is 11.6 Å². The van der Waals surface area contributed by atoms with Crippen LogP contribution in [0, 0.1) is 17.1 Å². The van der Waals surface area contributed by atoms with E-state index < -0.39 is 5.82 Å². The van der Waals surface area contributed by atoms with Crippen molar-refractivity contribution in [3.63, 3.8) is 0 Å². The van der Waals surface area contributed by atoms with Gasteiger partial charge in [-0.15, -0.1) is 0 Å². The number of nitrogens with zero attached hydrogens (tertiary/aromatic N) is 3. The topological polar surface area (TPSA) is 47.3 Å². The normalized spacial score (nSPS) is 9.84. The quantitative estimate of drug-likeness (QED) is 0.816. The highest BCUT2D eigenvalue weighted by Crippen LogP contribution is 2.19. The van der Waals surface area contributed by atoms with Crippen LogP contribution in [0.4, 0.5) is 10.1 Å². The van der Waals surface area contributed by atoms with Gasteiger partial charge in [0.2, 0.25) is 5.91 Å². The van der Waals surface area contributed by atoms with Crippen molar-refractivity contribution in [1.82, 2.24) is 4.90 Å². The van der Waals surface area contributed by atoms with E-state index in [1.807, 2.05) is 19.9 Å². The number of amides is 1. The maximum Gasteiger partial charge on any atom is 0.242 e. The van der Waals surface area contributed by atoms with Gasteiger partial charge in [-0.1, -0.05) is 0 Å². The first kappa shape index (κ1) is 15.0. The van der Waals surface area contributed by atoms with Crippen molar-refractivity contribution in [3.05, 3.63) is 29.6 Å². The van der Waals surface area contributed by atoms with E-state index in [-0.39, 0.29) is 18.0 Å². The number of carbonyl (C=O) groups is 1. The Kier molecular flexibility index (Phi) is 5.31. The van der Waals surface area contributed by atoms with Gasteiger partial charge in [0.15, 0.2) is 0 Å². The van der Waals surface area contributed by atoms with Gasteiger partial charge in [0.25, 0.3) is 0 Å². The van der Waals surface area contributed by atoms with Crippen molar-refractivity contribution in [2.75, 3.05) is 31.6 Å². The molecule has 0 spiro atoms. The summed E-state index contributed by atoms with van der Waals surface area (Å²) < 4.78 is 13.8. The average molecular weight is 263 g/mol. The monoisotopic (exact) mass is 263 g/mol. The minimum atomic E-state index is -0.492. The molecule has 0 fully saturated rings. The standard InChI is InChI=1S/C14H18FN3O/c1-4-18(5-2)14(19)10-17(3)13-7-6-11(9-16)8-12(13)15/h6-8H,4-5,10H2,1-3H3. The number of benzene rings is 1. The van der Waals surface area contributed by atoms with Crippen molar-refractivity contribution in [3.8, 4) is 6.07 Å². The van der Waals surface area contributed by atoms with E-state index in [2.05, 4.69) is 0 Å². The van der Waals surface area contributed by atoms with Gasteiger partial charge in [0.05, 0.1) is 23.9 Å². The molecule has 0 aliphatic carbocycles. The maximum absolute atomic E-state index is 13.8. The summed E-state index contributed by atoms with van der Waals surface area (Å²) in [6.07, 6.45) is 0. The number of halogens is 1. The summed E-state index contributed by atoms with van der Waals surface area (Å²) >= 11 is 0. The molecular formula is C14H18FN3O. The Morgan fingerprint density at radius 1 is 1.37 bits per heavy atom. The van der Waals surface area contributed by atoms with Crippen LogP contribution in [0.1, 0.15) is 19.4 Å². The van der Waals surface area contributed by atoms with Crippen LogP contribution in [-0.4, -0.2) is 37.5 Å². The molecule has 19 heavy (non-hydrogen) atoms. The number of rotatable bonds is 5. The molecule has 0 heterocycles. The molecule has 0 atom stereocenters. The van der Waals surface area contributed by atoms with E-state index in [4.69, 9.17) is 5.26 Å². The molecule has 1 rings (SSSR count). The summed E-state index contributed by atoms with van der Waals surface area (Å²) in [5.74, 6) is -0.537. The Morgan fingerprint density at radius 3 is 2.47 bits per heavy atom. The molecule has 0 unspecified atom stereocenters. The van der Waals surface area contributed by atoms with Gasteiger partial charge in [-0.2, -0.15) is 5.26 Å². The number of carbonyl (C=O) groups excluding carboxylic acids is 1. The smallest absolute Gasteiger partial charge is 0.242 e. The number of nitriles is 1. The van der Waals surface area contributed by atoms with E-state index in [1.54, 1.807) is 16.8 Å². The lowest BCUT2D eigenvalue weighted by Crippen LogP contribution is -2.39. The predicted octanol–water partition coefficient (Wildman–Crippen LogP) is 2.00. The van der Waals surface area contributed by atoms with Crippen LogP contribution in [0.2, 0.25) is 0 Å². The molecule has 1 aromatic rings. The maximum atomic E-state index is 13.8. The molecule has 0 radical (unpaired) electrons. The van der Waals surface area contributed by atoms with Gasteiger partial charge >= 0.3 is 0 Å². The van der Waals surface area contributed by atoms with Crippen LogP contribution >= 0.6 is 0 Å². The second kappa shape index (κ2) is 6.74. The summed E-state index contributed by atoms with van der Waals surface area (Å²) in [6.45, 7) is 5.20.